The van der Waals surface area contributed by atoms with E-state index in [2.05, 4.69) is 157 Å². The van der Waals surface area contributed by atoms with Gasteiger partial charge in [-0.3, -0.25) is 9.59 Å². The van der Waals surface area contributed by atoms with Gasteiger partial charge in [0.2, 0.25) is 8.32 Å². The van der Waals surface area contributed by atoms with E-state index < -0.39 is 26.4 Å². The van der Waals surface area contributed by atoms with Crippen molar-refractivity contribution in [2.24, 2.45) is 227 Å². The number of carbonyl (C=O) groups is 3. The molecule has 13 unspecified atom stereocenters. The van der Waals surface area contributed by atoms with Crippen LogP contribution in [0.2, 0.25) is 19.6 Å². The quantitative estimate of drug-likeness (QED) is 0.0219. The zero-order valence-electron chi connectivity index (χ0n) is 92.5. The predicted molar refractivity (Wildman–Crippen MR) is 550 cm³/mol. The maximum absolute atomic E-state index is 11.9. The SMILES string of the molecule is CC[C@H]1[C@@H](O)C2C3CC[C@H]([C@H](C)CCC(=O)O)[C@@]3(C)CCC2[C@@]2(C)CC[C@@H](O)C[C@@H]12.CC[C@H]1[C@@H](OCOC)C2C3CC[C@H]([C@H](C)CC(O)C(=O)OC)[C@@]3(C)CCC2[C@@]2(C)CC[C@@H](C)C[C@@H]12.CC[C@H]1[C@@H](OCOC)C2C3CC[C@H]([C@H](C)CC=C(OC)O[Si](C)(C)C)[C@@]3(C)CCC2[C@@]2(C)CC[C@@H](C)C[C@@H]12.CC[C@H]1[C@@H](OCOC)C2C3CC[C@H]([C@H](C)CCC(=O)OC)[C@@]3(C)CCC2[C@@]2(C)CC[C@@H](C)C[C@@H]12. The van der Waals surface area contributed by atoms with Gasteiger partial charge in [0.1, 0.15) is 20.4 Å². The third kappa shape index (κ3) is 21.6. The predicted octanol–water partition coefficient (Wildman–Crippen LogP) is 27.2. The lowest BCUT2D eigenvalue weighted by molar-refractivity contribution is -0.231. The Balaban J connectivity index is 0.000000155. The summed E-state index contributed by atoms with van der Waals surface area (Å²) in [5.74, 6) is 19.2. The molecule has 0 spiro atoms. The largest absolute Gasteiger partial charge is 0.520 e. The van der Waals surface area contributed by atoms with Crippen molar-refractivity contribution in [3.8, 4) is 0 Å². The minimum atomic E-state index is -1.68. The van der Waals surface area contributed by atoms with Crippen LogP contribution in [-0.4, -0.2) is 146 Å². The highest BCUT2D eigenvalue weighted by atomic mass is 28.4. The fraction of sp³-hybridized carbons (Fsp3) is 0.958. The lowest BCUT2D eigenvalue weighted by atomic mass is 9.41. The summed E-state index contributed by atoms with van der Waals surface area (Å²) in [6, 6.07) is 0. The Kier molecular flexibility index (Phi) is 37.3. The van der Waals surface area contributed by atoms with E-state index in [4.69, 9.17) is 52.2 Å². The summed E-state index contributed by atoms with van der Waals surface area (Å²) >= 11 is 0. The van der Waals surface area contributed by atoms with Gasteiger partial charge in [0.15, 0.2) is 6.10 Å². The van der Waals surface area contributed by atoms with E-state index in [9.17, 15) is 29.7 Å². The number of allylic oxidation sites excluding steroid dienone is 1. The number of fused-ring (bicyclic) bond motifs is 20. The molecule has 16 aliphatic carbocycles. The van der Waals surface area contributed by atoms with Gasteiger partial charge in [0.25, 0.3) is 5.95 Å². The van der Waals surface area contributed by atoms with Gasteiger partial charge >= 0.3 is 17.9 Å². The third-order valence-electron chi connectivity index (χ3n) is 46.7. The van der Waals surface area contributed by atoms with Gasteiger partial charge in [0, 0.05) is 34.2 Å². The van der Waals surface area contributed by atoms with Crippen molar-refractivity contribution in [2.45, 2.75) is 432 Å². The van der Waals surface area contributed by atoms with Crippen molar-refractivity contribution in [1.29, 1.82) is 0 Å². The van der Waals surface area contributed by atoms with Crippen LogP contribution in [-0.2, 0) is 61.4 Å². The van der Waals surface area contributed by atoms with E-state index in [0.29, 0.717) is 185 Å². The highest BCUT2D eigenvalue weighted by Crippen LogP contribution is 2.77. The molecule has 0 aliphatic heterocycles. The number of carbonyl (C=O) groups excluding carboxylic acids is 2. The lowest BCUT2D eigenvalue weighted by Crippen LogP contribution is -2.62. The summed E-state index contributed by atoms with van der Waals surface area (Å²) in [6.07, 6.45) is 46.3. The van der Waals surface area contributed by atoms with E-state index in [1.54, 1.807) is 28.4 Å². The molecule has 45 atom stereocenters. The molecule has 18 heteroatoms. The fourth-order valence-electron chi connectivity index (χ4n) is 40.3. The standard InChI is InChI=1S/C33H60O4Si.C30H52O5.C30H52O4.C26H44O4/c1-11-24-28-20-22(2)16-18-33(28,5)27-17-19-32(4)25(13-14-26(32)30(27)31(24)36-21-34-6)23(3)12-15-29(35-7)37-38(8,9)10;1-8-20-24-15-18(2)11-13-30(24,5)23-12-14-29(4)21(19(3)16-25(31)28(32)34-7)9-10-22(29)26(23)27(20)35-17-33-6;1-8-21-25-17-19(2)13-15-30(25,5)24-14-16-29(4)22(20(3)9-12-26(31)33-7)10-11-23(29)27(24)28(21)34-18-32-6;1-5-17-21-14-16(27)10-12-26(21,4)20-11-13-25(3)18(15(2)6-9-22(28)29)7-8-19(25)23(20)24(17)30/h15,22-28,30-31H,11-14,16-21H2,1-10H3;18-27,31H,8-17H2,1-7H3;19-25,27-28H,8-18H2,1-7H3;15-21,23-24,27,30H,5-14H2,1-4H3,(H,28,29)/t22-,23-,24-,25-,26?,27?,28+,30?,31-,32-,33-;18-,19-,20-,21-,22?,23?,24+,25?,26?,27-,29-,30-;19-,20-,21-,22-,23?,24?,25+,27?,28-,29-,30-;15-,16-,17-,18-,19?,20?,21+,23?,24-,25-,26-/m1111/s1. The number of rotatable bonds is 31. The smallest absolute Gasteiger partial charge is 0.334 e. The molecule has 16 saturated carbocycles. The number of hydrogen-bond acceptors (Lipinski definition) is 16. The van der Waals surface area contributed by atoms with Gasteiger partial charge in [-0.05, 0) is 439 Å². The minimum absolute atomic E-state index is 0.0631. The van der Waals surface area contributed by atoms with Crippen LogP contribution in [0.3, 0.4) is 0 Å². The van der Waals surface area contributed by atoms with Crippen molar-refractivity contribution in [3.05, 3.63) is 12.0 Å². The Morgan fingerprint density at radius 1 is 0.380 bits per heavy atom. The molecule has 0 heterocycles. The summed E-state index contributed by atoms with van der Waals surface area (Å²) in [6.45, 7) is 54.9. The van der Waals surface area contributed by atoms with Gasteiger partial charge in [-0.1, -0.05) is 176 Å². The number of esters is 2. The van der Waals surface area contributed by atoms with Crippen LogP contribution in [0.1, 0.15) is 376 Å². The number of carboxylic acids is 1. The number of ether oxygens (including phenoxy) is 9. The number of hydrogen-bond donors (Lipinski definition) is 4. The molecular weight excluding hydrogens is 1730 g/mol. The third-order valence-corrected chi connectivity index (χ3v) is 47.5. The average Bonchev–Trinajstić information content (AvgIpc) is 1.67. The number of carboxylic acid groups (broad SMARTS) is 1. The Hall–Kier alpha value is -2.39. The molecule has 0 aromatic heterocycles. The molecule has 137 heavy (non-hydrogen) atoms. The van der Waals surface area contributed by atoms with E-state index >= 15 is 0 Å². The minimum Gasteiger partial charge on any atom is -0.520 e. The number of aliphatic carboxylic acids is 1. The van der Waals surface area contributed by atoms with Gasteiger partial charge in [0.05, 0.1) is 51.8 Å². The molecule has 16 fully saturated rings. The van der Waals surface area contributed by atoms with E-state index in [1.165, 1.54) is 194 Å². The van der Waals surface area contributed by atoms with Crippen molar-refractivity contribution in [1.82, 2.24) is 0 Å². The molecule has 790 valence electrons. The molecule has 0 radical (unpaired) electrons. The first-order valence-corrected chi connectivity index (χ1v) is 60.9. The Morgan fingerprint density at radius 2 is 0.701 bits per heavy atom. The first kappa shape index (κ1) is 112. The second kappa shape index (κ2) is 45.8. The van der Waals surface area contributed by atoms with Gasteiger partial charge in [-0.15, -0.1) is 0 Å². The molecule has 0 bridgehead atoms. The lowest BCUT2D eigenvalue weighted by Gasteiger charge is -2.65. The van der Waals surface area contributed by atoms with Crippen LogP contribution in [0.25, 0.3) is 0 Å². The molecule has 4 N–H and O–H groups in total. The topological polar surface area (TPSA) is 224 Å². The summed E-state index contributed by atoms with van der Waals surface area (Å²) in [4.78, 5) is 34.9. The van der Waals surface area contributed by atoms with E-state index in [1.807, 2.05) is 0 Å². The Bertz CT molecular complexity index is 3890. The highest BCUT2D eigenvalue weighted by molar-refractivity contribution is 6.70. The van der Waals surface area contributed by atoms with Crippen LogP contribution in [0.4, 0.5) is 0 Å². The average molecular weight is 1940 g/mol. The Labute approximate surface area is 836 Å². The summed E-state index contributed by atoms with van der Waals surface area (Å²) in [5.41, 5.74) is 2.80. The Morgan fingerprint density at radius 3 is 1.04 bits per heavy atom. The zero-order valence-corrected chi connectivity index (χ0v) is 93.5. The number of methoxy groups -OCH3 is 6. The van der Waals surface area contributed by atoms with Gasteiger partial charge < -0.3 is 67.5 Å². The first-order chi connectivity index (χ1) is 64.8. The summed E-state index contributed by atoms with van der Waals surface area (Å²) in [5, 5.41) is 41.7. The molecule has 0 saturated heterocycles. The normalized spacial score (nSPS) is 47.1. The van der Waals surface area contributed by atoms with E-state index in [-0.39, 0.29) is 46.9 Å². The van der Waals surface area contributed by atoms with Crippen LogP contribution >= 0.6 is 0 Å². The summed E-state index contributed by atoms with van der Waals surface area (Å²) < 4.78 is 58.2. The number of aliphatic hydroxyl groups is 3. The first-order valence-electron chi connectivity index (χ1n) is 57.5. The van der Waals surface area contributed by atoms with Crippen LogP contribution in [0, 0.1) is 227 Å². The molecular formula is C119H208O17Si. The highest BCUT2D eigenvalue weighted by Gasteiger charge is 2.71. The van der Waals surface area contributed by atoms with E-state index in [0.717, 1.165) is 122 Å². The second-order valence-electron chi connectivity index (χ2n) is 53.9. The maximum atomic E-state index is 11.9. The zero-order chi connectivity index (χ0) is 99.9. The second-order valence-corrected chi connectivity index (χ2v) is 58.3. The molecule has 17 nitrogen and oxygen atoms in total. The molecule has 0 aromatic rings. The monoisotopic (exact) mass is 1940 g/mol. The maximum Gasteiger partial charge on any atom is 0.334 e. The van der Waals surface area contributed by atoms with Crippen molar-refractivity contribution < 1.29 is 81.9 Å². The summed E-state index contributed by atoms with van der Waals surface area (Å²) in [7, 11) is 8.25. The van der Waals surface area contributed by atoms with Crippen LogP contribution < -0.4 is 0 Å². The van der Waals surface area contributed by atoms with Crippen LogP contribution in [0.15, 0.2) is 12.0 Å². The van der Waals surface area contributed by atoms with Crippen LogP contribution in [0.5, 0.6) is 0 Å². The molecule has 16 rings (SSSR count). The fourth-order valence-corrected chi connectivity index (χ4v) is 41.1. The van der Waals surface area contributed by atoms with Crippen molar-refractivity contribution in [3.63, 3.8) is 0 Å². The molecule has 0 amide bonds. The molecule has 16 aliphatic rings. The van der Waals surface area contributed by atoms with Crippen molar-refractivity contribution in [2.75, 3.05) is 63.0 Å². The molecule has 0 aromatic carbocycles. The van der Waals surface area contributed by atoms with Gasteiger partial charge in [-0.2, -0.15) is 0 Å². The van der Waals surface area contributed by atoms with Gasteiger partial charge in [-0.25, -0.2) is 4.79 Å². The number of aliphatic hydroxyl groups excluding tert-OH is 3. The van der Waals surface area contributed by atoms with Crippen molar-refractivity contribution >= 4 is 26.2 Å².